The lowest BCUT2D eigenvalue weighted by atomic mass is 10.1. The van der Waals surface area contributed by atoms with E-state index >= 15 is 0 Å². The number of H-pyrrole nitrogens is 1. The summed E-state index contributed by atoms with van der Waals surface area (Å²) < 4.78 is 11.0. The van der Waals surface area contributed by atoms with Gasteiger partial charge in [-0.3, -0.25) is 14.5 Å². The number of benzene rings is 1. The summed E-state index contributed by atoms with van der Waals surface area (Å²) in [5, 5.41) is 3.32. The van der Waals surface area contributed by atoms with Crippen molar-refractivity contribution in [2.24, 2.45) is 0 Å². The summed E-state index contributed by atoms with van der Waals surface area (Å²) in [5.41, 5.74) is 2.12. The van der Waals surface area contributed by atoms with Gasteiger partial charge in [-0.05, 0) is 25.1 Å². The van der Waals surface area contributed by atoms with E-state index in [9.17, 15) is 9.59 Å². The van der Waals surface area contributed by atoms with E-state index in [1.165, 1.54) is 11.8 Å². The molecule has 0 bridgehead atoms. The maximum absolute atomic E-state index is 12.4. The maximum Gasteiger partial charge on any atom is 0.256 e. The molecule has 3 heterocycles. The van der Waals surface area contributed by atoms with E-state index in [1.807, 2.05) is 0 Å². The summed E-state index contributed by atoms with van der Waals surface area (Å²) in [5.74, 6) is 1.27. The number of anilines is 1. The Labute approximate surface area is 173 Å². The van der Waals surface area contributed by atoms with Crippen molar-refractivity contribution in [3.05, 3.63) is 39.8 Å². The Morgan fingerprint density at radius 3 is 2.97 bits per heavy atom. The van der Waals surface area contributed by atoms with Crippen LogP contribution in [0, 0.1) is 0 Å². The molecule has 1 amide bonds. The molecule has 1 aromatic heterocycles. The highest BCUT2D eigenvalue weighted by molar-refractivity contribution is 7.99. The molecule has 4 rings (SSSR count). The number of carbonyl (C=O) groups excluding carboxylic acids is 1. The second-order valence-corrected chi connectivity index (χ2v) is 7.98. The molecule has 29 heavy (non-hydrogen) atoms. The molecule has 0 atom stereocenters. The molecule has 0 fully saturated rings. The topological polar surface area (TPSA) is 96.6 Å². The Bertz CT molecular complexity index is 962. The Morgan fingerprint density at radius 2 is 2.14 bits per heavy atom. The van der Waals surface area contributed by atoms with Gasteiger partial charge in [-0.2, -0.15) is 0 Å². The van der Waals surface area contributed by atoms with E-state index < -0.39 is 0 Å². The molecule has 2 aromatic rings. The van der Waals surface area contributed by atoms with Crippen LogP contribution in [0.3, 0.4) is 0 Å². The van der Waals surface area contributed by atoms with Gasteiger partial charge in [-0.25, -0.2) is 4.98 Å². The lowest BCUT2D eigenvalue weighted by molar-refractivity contribution is -0.113. The fraction of sp³-hybridized carbons (Fsp3) is 0.450. The SMILES string of the molecule is CCCN1CCc2nc(SCC(=O)Nc3ccc4c(c3)OCCO4)[nH]c(=O)c2C1. The molecule has 0 saturated carbocycles. The lowest BCUT2D eigenvalue weighted by Gasteiger charge is -2.27. The van der Waals surface area contributed by atoms with Crippen LogP contribution in [0.2, 0.25) is 0 Å². The number of fused-ring (bicyclic) bond motifs is 2. The average molecular weight is 417 g/mol. The van der Waals surface area contributed by atoms with Gasteiger partial charge in [0, 0.05) is 31.3 Å². The van der Waals surface area contributed by atoms with Crippen molar-refractivity contribution in [1.82, 2.24) is 14.9 Å². The molecule has 0 radical (unpaired) electrons. The van der Waals surface area contributed by atoms with Gasteiger partial charge in [0.05, 0.1) is 17.0 Å². The first-order valence-electron chi connectivity index (χ1n) is 9.79. The molecule has 0 aliphatic carbocycles. The van der Waals surface area contributed by atoms with Crippen molar-refractivity contribution in [2.75, 3.05) is 37.4 Å². The number of thioether (sulfide) groups is 1. The number of ether oxygens (including phenoxy) is 2. The van der Waals surface area contributed by atoms with Gasteiger partial charge in [0.15, 0.2) is 16.7 Å². The molecule has 0 saturated heterocycles. The highest BCUT2D eigenvalue weighted by atomic mass is 32.2. The first-order valence-corrected chi connectivity index (χ1v) is 10.8. The normalized spacial score (nSPS) is 15.6. The van der Waals surface area contributed by atoms with Gasteiger partial charge in [-0.1, -0.05) is 18.7 Å². The minimum Gasteiger partial charge on any atom is -0.486 e. The zero-order chi connectivity index (χ0) is 20.2. The zero-order valence-corrected chi connectivity index (χ0v) is 17.1. The van der Waals surface area contributed by atoms with Crippen molar-refractivity contribution < 1.29 is 14.3 Å². The fourth-order valence-electron chi connectivity index (χ4n) is 3.49. The number of hydrogen-bond donors (Lipinski definition) is 2. The van der Waals surface area contributed by atoms with Crippen LogP contribution in [0.15, 0.2) is 28.2 Å². The second kappa shape index (κ2) is 8.87. The van der Waals surface area contributed by atoms with E-state index in [0.29, 0.717) is 42.1 Å². The van der Waals surface area contributed by atoms with Crippen LogP contribution >= 0.6 is 11.8 Å². The molecular weight excluding hydrogens is 392 g/mol. The van der Waals surface area contributed by atoms with Crippen molar-refractivity contribution in [2.45, 2.75) is 31.5 Å². The van der Waals surface area contributed by atoms with Gasteiger partial charge in [0.1, 0.15) is 13.2 Å². The average Bonchev–Trinajstić information content (AvgIpc) is 2.73. The predicted octanol–water partition coefficient (Wildman–Crippen LogP) is 2.04. The Balaban J connectivity index is 1.36. The molecule has 2 aliphatic rings. The van der Waals surface area contributed by atoms with E-state index in [2.05, 4.69) is 27.1 Å². The molecule has 0 unspecified atom stereocenters. The Hall–Kier alpha value is -2.52. The second-order valence-electron chi connectivity index (χ2n) is 7.02. The van der Waals surface area contributed by atoms with Crippen LogP contribution < -0.4 is 20.3 Å². The quantitative estimate of drug-likeness (QED) is 0.549. The number of rotatable bonds is 6. The van der Waals surface area contributed by atoms with Gasteiger partial charge in [0.2, 0.25) is 5.91 Å². The maximum atomic E-state index is 12.4. The number of carbonyl (C=O) groups is 1. The monoisotopic (exact) mass is 416 g/mol. The summed E-state index contributed by atoms with van der Waals surface area (Å²) in [6.07, 6.45) is 1.82. The van der Waals surface area contributed by atoms with Crippen LogP contribution in [-0.4, -0.2) is 52.8 Å². The van der Waals surface area contributed by atoms with E-state index in [-0.39, 0.29) is 17.2 Å². The fourth-order valence-corrected chi connectivity index (χ4v) is 4.17. The van der Waals surface area contributed by atoms with Crippen LogP contribution in [-0.2, 0) is 17.8 Å². The number of amides is 1. The van der Waals surface area contributed by atoms with Crippen LogP contribution in [0.5, 0.6) is 11.5 Å². The van der Waals surface area contributed by atoms with Crippen LogP contribution in [0.1, 0.15) is 24.6 Å². The molecule has 2 N–H and O–H groups in total. The molecule has 9 heteroatoms. The predicted molar refractivity (Wildman–Crippen MR) is 111 cm³/mol. The molecule has 2 aliphatic heterocycles. The first-order chi connectivity index (χ1) is 14.1. The highest BCUT2D eigenvalue weighted by Gasteiger charge is 2.21. The highest BCUT2D eigenvalue weighted by Crippen LogP contribution is 2.32. The molecule has 1 aromatic carbocycles. The lowest BCUT2D eigenvalue weighted by Crippen LogP contribution is -2.36. The van der Waals surface area contributed by atoms with Crippen molar-refractivity contribution in [1.29, 1.82) is 0 Å². The van der Waals surface area contributed by atoms with Crippen molar-refractivity contribution >= 4 is 23.4 Å². The largest absolute Gasteiger partial charge is 0.486 e. The van der Waals surface area contributed by atoms with E-state index in [1.54, 1.807) is 18.2 Å². The first kappa shape index (κ1) is 19.8. The van der Waals surface area contributed by atoms with Gasteiger partial charge in [0.25, 0.3) is 5.56 Å². The molecule has 154 valence electrons. The zero-order valence-electron chi connectivity index (χ0n) is 16.3. The minimum atomic E-state index is -0.179. The number of aromatic nitrogens is 2. The van der Waals surface area contributed by atoms with Crippen LogP contribution in [0.4, 0.5) is 5.69 Å². The van der Waals surface area contributed by atoms with Crippen molar-refractivity contribution in [3.8, 4) is 11.5 Å². The standard InChI is InChI=1S/C20H24N4O4S/c1-2-6-24-7-5-15-14(11-24)19(26)23-20(22-15)29-12-18(25)21-13-3-4-16-17(10-13)28-9-8-27-16/h3-4,10H,2,5-9,11-12H2,1H3,(H,21,25)(H,22,23,26). The number of nitrogens with zero attached hydrogens (tertiary/aromatic N) is 2. The van der Waals surface area contributed by atoms with E-state index in [4.69, 9.17) is 9.47 Å². The summed E-state index contributed by atoms with van der Waals surface area (Å²) in [6.45, 7) is 5.68. The van der Waals surface area contributed by atoms with Crippen molar-refractivity contribution in [3.63, 3.8) is 0 Å². The third-order valence-corrected chi connectivity index (χ3v) is 5.71. The summed E-state index contributed by atoms with van der Waals surface area (Å²) in [6, 6.07) is 5.30. The third-order valence-electron chi connectivity index (χ3n) is 4.83. The summed E-state index contributed by atoms with van der Waals surface area (Å²) in [7, 11) is 0. The van der Waals surface area contributed by atoms with Gasteiger partial charge < -0.3 is 19.8 Å². The molecule has 8 nitrogen and oxygen atoms in total. The smallest absolute Gasteiger partial charge is 0.256 e. The number of nitrogens with one attached hydrogen (secondary N) is 2. The van der Waals surface area contributed by atoms with Gasteiger partial charge in [-0.15, -0.1) is 0 Å². The van der Waals surface area contributed by atoms with Gasteiger partial charge >= 0.3 is 0 Å². The Morgan fingerprint density at radius 1 is 1.31 bits per heavy atom. The third kappa shape index (κ3) is 4.73. The van der Waals surface area contributed by atoms with E-state index in [0.717, 1.165) is 37.2 Å². The number of aromatic amines is 1. The Kier molecular flexibility index (Phi) is 6.05. The minimum absolute atomic E-state index is 0.106. The summed E-state index contributed by atoms with van der Waals surface area (Å²) in [4.78, 5) is 34.4. The molecular formula is C20H24N4O4S. The van der Waals surface area contributed by atoms with Crippen LogP contribution in [0.25, 0.3) is 0 Å². The number of hydrogen-bond acceptors (Lipinski definition) is 7. The summed E-state index contributed by atoms with van der Waals surface area (Å²) >= 11 is 1.23. The molecule has 0 spiro atoms.